The van der Waals surface area contributed by atoms with Crippen molar-refractivity contribution >= 4 is 5.91 Å². The van der Waals surface area contributed by atoms with Crippen molar-refractivity contribution in [1.82, 2.24) is 5.32 Å². The molecule has 1 N–H and O–H groups in total. The smallest absolute Gasteiger partial charge is 0.223 e. The molecule has 126 valence electrons. The molecule has 1 aromatic carbocycles. The summed E-state index contributed by atoms with van der Waals surface area (Å²) in [5.74, 6) is 1.78. The largest absolute Gasteiger partial charge is 0.493 e. The summed E-state index contributed by atoms with van der Waals surface area (Å²) in [6.45, 7) is 4.93. The van der Waals surface area contributed by atoms with Crippen LogP contribution in [0.25, 0.3) is 0 Å². The lowest BCUT2D eigenvalue weighted by atomic mass is 10.1. The molecule has 1 saturated heterocycles. The van der Waals surface area contributed by atoms with Gasteiger partial charge in [-0.15, -0.1) is 0 Å². The Labute approximate surface area is 138 Å². The molecule has 1 amide bonds. The van der Waals surface area contributed by atoms with Gasteiger partial charge in [-0.25, -0.2) is 0 Å². The topological polar surface area (TPSA) is 47.6 Å². The predicted octanol–water partition coefficient (Wildman–Crippen LogP) is 3.22. The van der Waals surface area contributed by atoms with Crippen LogP contribution in [-0.4, -0.2) is 25.7 Å². The molecule has 1 aliphatic carbocycles. The highest BCUT2D eigenvalue weighted by Gasteiger charge is 2.22. The molecule has 2 fully saturated rings. The van der Waals surface area contributed by atoms with E-state index in [2.05, 4.69) is 30.4 Å². The molecule has 1 atom stereocenters. The van der Waals surface area contributed by atoms with Crippen molar-refractivity contribution in [2.75, 3.05) is 19.8 Å². The van der Waals surface area contributed by atoms with Crippen LogP contribution in [0.2, 0.25) is 0 Å². The van der Waals surface area contributed by atoms with Crippen molar-refractivity contribution in [2.45, 2.75) is 45.6 Å². The molecule has 4 heteroatoms. The molecule has 1 unspecified atom stereocenters. The van der Waals surface area contributed by atoms with Crippen LogP contribution in [0.4, 0.5) is 0 Å². The molecule has 0 spiro atoms. The lowest BCUT2D eigenvalue weighted by Gasteiger charge is -2.16. The zero-order chi connectivity index (χ0) is 16.1. The van der Waals surface area contributed by atoms with Gasteiger partial charge in [0.15, 0.2) is 0 Å². The van der Waals surface area contributed by atoms with Gasteiger partial charge in [0.05, 0.1) is 13.2 Å². The number of ether oxygens (including phenoxy) is 2. The molecule has 2 aliphatic rings. The van der Waals surface area contributed by atoms with Gasteiger partial charge in [-0.05, 0) is 37.8 Å². The van der Waals surface area contributed by atoms with Crippen molar-refractivity contribution in [2.24, 2.45) is 11.8 Å². The molecule has 3 rings (SSSR count). The summed E-state index contributed by atoms with van der Waals surface area (Å²) in [6, 6.07) is 6.19. The van der Waals surface area contributed by atoms with Gasteiger partial charge < -0.3 is 14.8 Å². The van der Waals surface area contributed by atoms with Gasteiger partial charge in [0.25, 0.3) is 0 Å². The maximum atomic E-state index is 12.2. The van der Waals surface area contributed by atoms with E-state index in [1.54, 1.807) is 0 Å². The zero-order valence-electron chi connectivity index (χ0n) is 14.0. The fourth-order valence-electron chi connectivity index (χ4n) is 3.38. The summed E-state index contributed by atoms with van der Waals surface area (Å²) in [4.78, 5) is 12.2. The predicted molar refractivity (Wildman–Crippen MR) is 89.4 cm³/mol. The summed E-state index contributed by atoms with van der Waals surface area (Å²) in [6.07, 6.45) is 5.50. The average molecular weight is 317 g/mol. The quantitative estimate of drug-likeness (QED) is 0.876. The van der Waals surface area contributed by atoms with Crippen LogP contribution in [0.3, 0.4) is 0 Å². The van der Waals surface area contributed by atoms with E-state index in [0.29, 0.717) is 19.1 Å². The van der Waals surface area contributed by atoms with Crippen molar-refractivity contribution in [1.29, 1.82) is 0 Å². The van der Waals surface area contributed by atoms with E-state index in [9.17, 15) is 4.79 Å². The molecule has 1 heterocycles. The molecular weight excluding hydrogens is 290 g/mol. The number of rotatable bonds is 6. The zero-order valence-corrected chi connectivity index (χ0v) is 14.0. The number of amides is 1. The molecule has 0 radical (unpaired) electrons. The second-order valence-electron chi connectivity index (χ2n) is 6.85. The van der Waals surface area contributed by atoms with Crippen LogP contribution in [0.5, 0.6) is 5.75 Å². The minimum Gasteiger partial charge on any atom is -0.493 e. The maximum absolute atomic E-state index is 12.2. The molecule has 0 bridgehead atoms. The lowest BCUT2D eigenvalue weighted by molar-refractivity contribution is -0.124. The molecule has 4 nitrogen and oxygen atoms in total. The van der Waals surface area contributed by atoms with Crippen molar-refractivity contribution in [3.63, 3.8) is 0 Å². The van der Waals surface area contributed by atoms with E-state index in [1.165, 1.54) is 18.4 Å². The number of hydrogen-bond acceptors (Lipinski definition) is 3. The summed E-state index contributed by atoms with van der Waals surface area (Å²) >= 11 is 0. The Hall–Kier alpha value is -1.55. The average Bonchev–Trinajstić information content (AvgIpc) is 3.25. The minimum absolute atomic E-state index is 0.193. The first-order chi connectivity index (χ1) is 11.2. The Morgan fingerprint density at radius 1 is 1.30 bits per heavy atom. The van der Waals surface area contributed by atoms with E-state index in [4.69, 9.17) is 9.47 Å². The summed E-state index contributed by atoms with van der Waals surface area (Å²) in [5.41, 5.74) is 2.23. The van der Waals surface area contributed by atoms with Gasteiger partial charge in [-0.3, -0.25) is 4.79 Å². The normalized spacial score (nSPS) is 21.5. The molecule has 23 heavy (non-hydrogen) atoms. The van der Waals surface area contributed by atoms with E-state index in [0.717, 1.165) is 43.8 Å². The fourth-order valence-corrected chi connectivity index (χ4v) is 3.38. The Morgan fingerprint density at radius 2 is 2.13 bits per heavy atom. The highest BCUT2D eigenvalue weighted by molar-refractivity contribution is 5.78. The number of carbonyl (C=O) groups is 1. The standard InChI is InChI=1S/C19H27NO3/c1-14-6-7-17(11-20-19(21)16-4-2-3-5-16)18(10-14)23-13-15-8-9-22-12-15/h6-7,10,15-16H,2-5,8-9,11-13H2,1H3,(H,20,21). The fraction of sp³-hybridized carbons (Fsp3) is 0.632. The number of carbonyl (C=O) groups excluding carboxylic acids is 1. The number of hydrogen-bond donors (Lipinski definition) is 1. The van der Waals surface area contributed by atoms with Crippen LogP contribution in [0.15, 0.2) is 18.2 Å². The van der Waals surface area contributed by atoms with Crippen LogP contribution in [0, 0.1) is 18.8 Å². The molecule has 0 aromatic heterocycles. The van der Waals surface area contributed by atoms with Crippen molar-refractivity contribution in [3.8, 4) is 5.75 Å². The maximum Gasteiger partial charge on any atom is 0.223 e. The van der Waals surface area contributed by atoms with E-state index in [-0.39, 0.29) is 11.8 Å². The van der Waals surface area contributed by atoms with Crippen LogP contribution in [-0.2, 0) is 16.1 Å². The SMILES string of the molecule is Cc1ccc(CNC(=O)C2CCCC2)c(OCC2CCOC2)c1. The second kappa shape index (κ2) is 7.82. The third-order valence-electron chi connectivity index (χ3n) is 4.90. The monoisotopic (exact) mass is 317 g/mol. The van der Waals surface area contributed by atoms with E-state index in [1.807, 2.05) is 0 Å². The van der Waals surface area contributed by atoms with Crippen molar-refractivity contribution in [3.05, 3.63) is 29.3 Å². The van der Waals surface area contributed by atoms with Crippen LogP contribution < -0.4 is 10.1 Å². The van der Waals surface area contributed by atoms with Gasteiger partial charge in [-0.2, -0.15) is 0 Å². The Kier molecular flexibility index (Phi) is 5.55. The molecular formula is C19H27NO3. The first kappa shape index (κ1) is 16.3. The third-order valence-corrected chi connectivity index (χ3v) is 4.90. The van der Waals surface area contributed by atoms with Gasteiger partial charge in [0, 0.05) is 30.6 Å². The highest BCUT2D eigenvalue weighted by atomic mass is 16.5. The summed E-state index contributed by atoms with van der Waals surface area (Å²) < 4.78 is 11.4. The summed E-state index contributed by atoms with van der Waals surface area (Å²) in [7, 11) is 0. The van der Waals surface area contributed by atoms with Crippen LogP contribution in [0.1, 0.15) is 43.2 Å². The number of aryl methyl sites for hydroxylation is 1. The Balaban J connectivity index is 1.57. The van der Waals surface area contributed by atoms with E-state index < -0.39 is 0 Å². The van der Waals surface area contributed by atoms with Crippen molar-refractivity contribution < 1.29 is 14.3 Å². The van der Waals surface area contributed by atoms with Gasteiger partial charge in [0.2, 0.25) is 5.91 Å². The molecule has 1 aliphatic heterocycles. The molecule has 1 saturated carbocycles. The first-order valence-electron chi connectivity index (χ1n) is 8.80. The molecule has 1 aromatic rings. The highest BCUT2D eigenvalue weighted by Crippen LogP contribution is 2.26. The summed E-state index contributed by atoms with van der Waals surface area (Å²) in [5, 5.41) is 3.09. The minimum atomic E-state index is 0.193. The lowest BCUT2D eigenvalue weighted by Crippen LogP contribution is -2.29. The Bertz CT molecular complexity index is 531. The second-order valence-corrected chi connectivity index (χ2v) is 6.85. The van der Waals surface area contributed by atoms with Gasteiger partial charge in [-0.1, -0.05) is 25.0 Å². The van der Waals surface area contributed by atoms with E-state index >= 15 is 0 Å². The first-order valence-corrected chi connectivity index (χ1v) is 8.80. The number of benzene rings is 1. The van der Waals surface area contributed by atoms with Crippen LogP contribution >= 0.6 is 0 Å². The van der Waals surface area contributed by atoms with Gasteiger partial charge >= 0.3 is 0 Å². The third kappa shape index (κ3) is 4.47. The number of nitrogens with one attached hydrogen (secondary N) is 1. The Morgan fingerprint density at radius 3 is 2.87 bits per heavy atom. The van der Waals surface area contributed by atoms with Gasteiger partial charge in [0.1, 0.15) is 5.75 Å².